The molecule has 0 saturated heterocycles. The number of pyridine rings is 1. The van der Waals surface area contributed by atoms with Crippen LogP contribution in [-0.4, -0.2) is 11.1 Å². The van der Waals surface area contributed by atoms with Crippen molar-refractivity contribution < 1.29 is 0 Å². The normalized spacial score (nSPS) is 10.8. The molecule has 0 amide bonds. The van der Waals surface area contributed by atoms with E-state index < -0.39 is 0 Å². The van der Waals surface area contributed by atoms with Gasteiger partial charge in [0.25, 0.3) is 5.56 Å². The lowest BCUT2D eigenvalue weighted by Crippen LogP contribution is -2.26. The molecule has 0 fully saturated rings. The molecule has 6 heteroatoms. The van der Waals surface area contributed by atoms with Crippen molar-refractivity contribution in [3.63, 3.8) is 0 Å². The van der Waals surface area contributed by atoms with E-state index >= 15 is 0 Å². The van der Waals surface area contributed by atoms with E-state index in [9.17, 15) is 4.79 Å². The van der Waals surface area contributed by atoms with Crippen LogP contribution in [0.1, 0.15) is 4.88 Å². The molecule has 0 aliphatic rings. The second-order valence-corrected chi connectivity index (χ2v) is 6.39. The third kappa shape index (κ3) is 3.68. The van der Waals surface area contributed by atoms with Crippen LogP contribution >= 0.6 is 38.9 Å². The highest BCUT2D eigenvalue weighted by atomic mass is 79.9. The summed E-state index contributed by atoms with van der Waals surface area (Å²) in [6.07, 6.45) is 1.79. The molecule has 0 aromatic carbocycles. The minimum Gasteiger partial charge on any atom is -0.313 e. The zero-order valence-electron chi connectivity index (χ0n) is 9.53. The summed E-state index contributed by atoms with van der Waals surface area (Å²) in [4.78, 5) is 12.9. The van der Waals surface area contributed by atoms with Crippen LogP contribution in [0.3, 0.4) is 0 Å². The van der Waals surface area contributed by atoms with Crippen LogP contribution in [-0.2, 0) is 13.1 Å². The van der Waals surface area contributed by atoms with Gasteiger partial charge in [-0.1, -0.05) is 11.6 Å². The van der Waals surface area contributed by atoms with Crippen molar-refractivity contribution in [2.24, 2.45) is 0 Å². The fraction of sp³-hybridized carbons (Fsp3) is 0.250. The number of rotatable bonds is 5. The Balaban J connectivity index is 1.82. The first-order valence-electron chi connectivity index (χ1n) is 5.47. The van der Waals surface area contributed by atoms with Crippen LogP contribution in [0.5, 0.6) is 0 Å². The monoisotopic (exact) mass is 346 g/mol. The van der Waals surface area contributed by atoms with Crippen LogP contribution in [0.15, 0.2) is 39.7 Å². The predicted octanol–water partition coefficient (Wildman–Crippen LogP) is 3.12. The molecule has 2 rings (SSSR count). The van der Waals surface area contributed by atoms with Crippen LogP contribution in [0.2, 0.25) is 4.34 Å². The van der Waals surface area contributed by atoms with Gasteiger partial charge in [-0.2, -0.15) is 0 Å². The minimum absolute atomic E-state index is 0.00142. The largest absolute Gasteiger partial charge is 0.313 e. The minimum atomic E-state index is -0.00142. The zero-order chi connectivity index (χ0) is 13.0. The number of nitrogens with one attached hydrogen (secondary N) is 1. The van der Waals surface area contributed by atoms with E-state index in [4.69, 9.17) is 11.6 Å². The summed E-state index contributed by atoms with van der Waals surface area (Å²) >= 11 is 10.6. The first-order valence-corrected chi connectivity index (χ1v) is 7.45. The smallest absolute Gasteiger partial charge is 0.264 e. The standard InChI is InChI=1S/C12H12BrClN2OS/c13-10-2-1-6-16(12(10)17)7-5-15-8-9-3-4-11(14)18-9/h1-4,6,15H,5,7-8H2. The van der Waals surface area contributed by atoms with Crippen LogP contribution in [0, 0.1) is 0 Å². The third-order valence-corrected chi connectivity index (χ3v) is 4.27. The van der Waals surface area contributed by atoms with Gasteiger partial charge >= 0.3 is 0 Å². The van der Waals surface area contributed by atoms with Gasteiger partial charge < -0.3 is 9.88 Å². The molecule has 2 aromatic heterocycles. The van der Waals surface area contributed by atoms with Crippen molar-refractivity contribution in [2.75, 3.05) is 6.54 Å². The molecule has 18 heavy (non-hydrogen) atoms. The van der Waals surface area contributed by atoms with E-state index in [2.05, 4.69) is 21.2 Å². The summed E-state index contributed by atoms with van der Waals surface area (Å²) in [6, 6.07) is 7.50. The lowest BCUT2D eigenvalue weighted by Gasteiger charge is -2.06. The van der Waals surface area contributed by atoms with Gasteiger partial charge in [0.05, 0.1) is 8.81 Å². The molecule has 0 radical (unpaired) electrons. The topological polar surface area (TPSA) is 34.0 Å². The lowest BCUT2D eigenvalue weighted by molar-refractivity contribution is 0.586. The first-order chi connectivity index (χ1) is 8.66. The molecule has 1 N–H and O–H groups in total. The molecular formula is C12H12BrClN2OS. The molecule has 0 bridgehead atoms. The lowest BCUT2D eigenvalue weighted by atomic mass is 10.4. The van der Waals surface area contributed by atoms with Gasteiger partial charge in [0.1, 0.15) is 0 Å². The van der Waals surface area contributed by atoms with Gasteiger partial charge in [-0.3, -0.25) is 4.79 Å². The van der Waals surface area contributed by atoms with Crippen molar-refractivity contribution in [2.45, 2.75) is 13.1 Å². The Morgan fingerprint density at radius 1 is 1.39 bits per heavy atom. The van der Waals surface area contributed by atoms with Gasteiger partial charge in [-0.15, -0.1) is 11.3 Å². The second kappa shape index (κ2) is 6.52. The highest BCUT2D eigenvalue weighted by molar-refractivity contribution is 9.10. The van der Waals surface area contributed by atoms with Crippen molar-refractivity contribution in [1.82, 2.24) is 9.88 Å². The average molecular weight is 348 g/mol. The number of hydrogen-bond acceptors (Lipinski definition) is 3. The maximum absolute atomic E-state index is 11.7. The molecule has 0 unspecified atom stereocenters. The maximum Gasteiger partial charge on any atom is 0.264 e. The van der Waals surface area contributed by atoms with E-state index in [1.54, 1.807) is 28.2 Å². The third-order valence-electron chi connectivity index (χ3n) is 2.43. The summed E-state index contributed by atoms with van der Waals surface area (Å²) < 4.78 is 3.07. The van der Waals surface area contributed by atoms with E-state index in [1.165, 1.54) is 4.88 Å². The molecule has 3 nitrogen and oxygen atoms in total. The molecule has 2 aromatic rings. The van der Waals surface area contributed by atoms with E-state index in [0.717, 1.165) is 17.4 Å². The summed E-state index contributed by atoms with van der Waals surface area (Å²) in [7, 11) is 0. The van der Waals surface area contributed by atoms with Gasteiger partial charge in [-0.05, 0) is 40.2 Å². The number of thiophene rings is 1. The molecule has 2 heterocycles. The Morgan fingerprint density at radius 2 is 2.22 bits per heavy atom. The molecule has 0 atom stereocenters. The Hall–Kier alpha value is -0.620. The predicted molar refractivity (Wildman–Crippen MR) is 79.4 cm³/mol. The maximum atomic E-state index is 11.7. The summed E-state index contributed by atoms with van der Waals surface area (Å²) in [5.41, 5.74) is -0.00142. The van der Waals surface area contributed by atoms with Crippen molar-refractivity contribution in [3.05, 3.63) is 54.5 Å². The summed E-state index contributed by atoms with van der Waals surface area (Å²) in [5, 5.41) is 3.29. The quantitative estimate of drug-likeness (QED) is 0.843. The fourth-order valence-corrected chi connectivity index (χ4v) is 2.98. The first kappa shape index (κ1) is 13.8. The second-order valence-electron chi connectivity index (χ2n) is 3.74. The average Bonchev–Trinajstić information content (AvgIpc) is 2.76. The van der Waals surface area contributed by atoms with Gasteiger partial charge in [-0.25, -0.2) is 0 Å². The van der Waals surface area contributed by atoms with Gasteiger partial charge in [0, 0.05) is 30.7 Å². The van der Waals surface area contributed by atoms with Crippen LogP contribution < -0.4 is 10.9 Å². The SMILES string of the molecule is O=c1c(Br)cccn1CCNCc1ccc(Cl)s1. The van der Waals surface area contributed by atoms with Crippen molar-refractivity contribution >= 4 is 38.9 Å². The van der Waals surface area contributed by atoms with Crippen molar-refractivity contribution in [1.29, 1.82) is 0 Å². The number of halogens is 2. The number of hydrogen-bond donors (Lipinski definition) is 1. The Labute approximate surface area is 123 Å². The molecule has 96 valence electrons. The molecule has 0 aliphatic heterocycles. The van der Waals surface area contributed by atoms with Crippen LogP contribution in [0.25, 0.3) is 0 Å². The Kier molecular flexibility index (Phi) is 5.00. The van der Waals surface area contributed by atoms with Crippen LogP contribution in [0.4, 0.5) is 0 Å². The number of aromatic nitrogens is 1. The summed E-state index contributed by atoms with van der Waals surface area (Å²) in [5.74, 6) is 0. The molecule has 0 spiro atoms. The van der Waals surface area contributed by atoms with Crippen molar-refractivity contribution in [3.8, 4) is 0 Å². The molecular weight excluding hydrogens is 336 g/mol. The van der Waals surface area contributed by atoms with E-state index in [-0.39, 0.29) is 5.56 Å². The van der Waals surface area contributed by atoms with Gasteiger partial charge in [0.2, 0.25) is 0 Å². The summed E-state index contributed by atoms with van der Waals surface area (Å²) in [6.45, 7) is 2.17. The molecule has 0 aliphatic carbocycles. The number of nitrogens with zero attached hydrogens (tertiary/aromatic N) is 1. The highest BCUT2D eigenvalue weighted by Gasteiger charge is 2.00. The Morgan fingerprint density at radius 3 is 2.94 bits per heavy atom. The van der Waals surface area contributed by atoms with E-state index in [0.29, 0.717) is 11.0 Å². The van der Waals surface area contributed by atoms with E-state index in [1.807, 2.05) is 18.2 Å². The van der Waals surface area contributed by atoms with Gasteiger partial charge in [0.15, 0.2) is 0 Å². The molecule has 0 saturated carbocycles. The highest BCUT2D eigenvalue weighted by Crippen LogP contribution is 2.20. The fourth-order valence-electron chi connectivity index (χ4n) is 1.54. The zero-order valence-corrected chi connectivity index (χ0v) is 12.7. The Bertz CT molecular complexity index is 581.